The normalized spacial score (nSPS) is 12.5. The first-order chi connectivity index (χ1) is 6.72. The van der Waals surface area contributed by atoms with Gasteiger partial charge < -0.3 is 9.47 Å². The number of carbonyl (C=O) groups is 1. The molecule has 0 bridgehead atoms. The van der Waals surface area contributed by atoms with Gasteiger partial charge in [-0.2, -0.15) is 0 Å². The van der Waals surface area contributed by atoms with Crippen molar-refractivity contribution in [1.29, 1.82) is 0 Å². The summed E-state index contributed by atoms with van der Waals surface area (Å²) in [6, 6.07) is 0. The Labute approximate surface area is 86.8 Å². The highest BCUT2D eigenvalue weighted by Crippen LogP contribution is 2.03. The van der Waals surface area contributed by atoms with Crippen LogP contribution in [0.15, 0.2) is 0 Å². The van der Waals surface area contributed by atoms with E-state index in [1.165, 1.54) is 32.8 Å². The largest absolute Gasteiger partial charge is 0.467 e. The minimum atomic E-state index is -0.425. The molecule has 0 saturated heterocycles. The summed E-state index contributed by atoms with van der Waals surface area (Å²) in [7, 11) is 1.38. The maximum atomic E-state index is 10.9. The van der Waals surface area contributed by atoms with Crippen LogP contribution in [0.2, 0.25) is 0 Å². The van der Waals surface area contributed by atoms with Gasteiger partial charge in [-0.15, -0.1) is 0 Å². The summed E-state index contributed by atoms with van der Waals surface area (Å²) < 4.78 is 9.84. The Morgan fingerprint density at radius 1 is 1.21 bits per heavy atom. The lowest BCUT2D eigenvalue weighted by atomic mass is 10.2. The number of unbranched alkanes of at least 4 members (excludes halogenated alkanes) is 4. The molecule has 0 unspecified atom stereocenters. The molecule has 0 rings (SSSR count). The van der Waals surface area contributed by atoms with Gasteiger partial charge in [0.1, 0.15) is 0 Å². The molecule has 0 aromatic carbocycles. The number of carbonyl (C=O) groups excluding carboxylic acids is 1. The number of esters is 1. The monoisotopic (exact) mass is 202 g/mol. The summed E-state index contributed by atoms with van der Waals surface area (Å²) in [6.45, 7) is 4.56. The van der Waals surface area contributed by atoms with E-state index in [0.29, 0.717) is 6.61 Å². The van der Waals surface area contributed by atoms with Crippen molar-refractivity contribution < 1.29 is 14.3 Å². The van der Waals surface area contributed by atoms with E-state index >= 15 is 0 Å². The van der Waals surface area contributed by atoms with Crippen LogP contribution < -0.4 is 0 Å². The van der Waals surface area contributed by atoms with Crippen LogP contribution in [0.25, 0.3) is 0 Å². The zero-order valence-corrected chi connectivity index (χ0v) is 9.54. The Kier molecular flexibility index (Phi) is 8.64. The van der Waals surface area contributed by atoms with Gasteiger partial charge in [-0.1, -0.05) is 32.6 Å². The molecule has 3 heteroatoms. The van der Waals surface area contributed by atoms with Gasteiger partial charge in [-0.05, 0) is 13.3 Å². The van der Waals surface area contributed by atoms with E-state index in [1.54, 1.807) is 6.92 Å². The van der Waals surface area contributed by atoms with Crippen molar-refractivity contribution in [3.8, 4) is 0 Å². The first-order valence-corrected chi connectivity index (χ1v) is 5.41. The predicted octanol–water partition coefficient (Wildman–Crippen LogP) is 2.53. The van der Waals surface area contributed by atoms with Crippen LogP contribution in [0.4, 0.5) is 0 Å². The molecule has 84 valence electrons. The smallest absolute Gasteiger partial charge is 0.334 e. The van der Waals surface area contributed by atoms with Gasteiger partial charge in [0.05, 0.1) is 7.11 Å². The molecule has 0 aliphatic carbocycles. The lowest BCUT2D eigenvalue weighted by Gasteiger charge is -2.10. The molecule has 0 aliphatic heterocycles. The summed E-state index contributed by atoms with van der Waals surface area (Å²) in [5.74, 6) is -0.293. The predicted molar refractivity (Wildman–Crippen MR) is 56.2 cm³/mol. The molecule has 14 heavy (non-hydrogen) atoms. The van der Waals surface area contributed by atoms with Crippen molar-refractivity contribution in [1.82, 2.24) is 0 Å². The Morgan fingerprint density at radius 2 is 1.86 bits per heavy atom. The fourth-order valence-electron chi connectivity index (χ4n) is 1.20. The fourth-order valence-corrected chi connectivity index (χ4v) is 1.20. The summed E-state index contributed by atoms with van der Waals surface area (Å²) >= 11 is 0. The second-order valence-corrected chi connectivity index (χ2v) is 3.45. The molecule has 0 aromatic heterocycles. The average molecular weight is 202 g/mol. The SMILES string of the molecule is CCCCCCCO[C@@H](C)C(=O)OC. The van der Waals surface area contributed by atoms with Crippen molar-refractivity contribution >= 4 is 5.97 Å². The Hall–Kier alpha value is -0.570. The highest BCUT2D eigenvalue weighted by molar-refractivity contribution is 5.73. The van der Waals surface area contributed by atoms with Crippen LogP contribution >= 0.6 is 0 Å². The van der Waals surface area contributed by atoms with E-state index in [-0.39, 0.29) is 5.97 Å². The van der Waals surface area contributed by atoms with Crippen LogP contribution in [0, 0.1) is 0 Å². The minimum Gasteiger partial charge on any atom is -0.467 e. The lowest BCUT2D eigenvalue weighted by Crippen LogP contribution is -2.22. The third kappa shape index (κ3) is 6.89. The number of rotatable bonds is 8. The van der Waals surface area contributed by atoms with Gasteiger partial charge in [0, 0.05) is 6.61 Å². The second-order valence-electron chi connectivity index (χ2n) is 3.45. The van der Waals surface area contributed by atoms with Crippen molar-refractivity contribution in [3.63, 3.8) is 0 Å². The number of hydrogen-bond acceptors (Lipinski definition) is 3. The molecular formula is C11H22O3. The van der Waals surface area contributed by atoms with Crippen LogP contribution in [-0.2, 0) is 14.3 Å². The highest BCUT2D eigenvalue weighted by Gasteiger charge is 2.12. The van der Waals surface area contributed by atoms with Crippen LogP contribution in [0.1, 0.15) is 46.0 Å². The third-order valence-corrected chi connectivity index (χ3v) is 2.15. The molecule has 0 amide bonds. The van der Waals surface area contributed by atoms with Gasteiger partial charge in [0.25, 0.3) is 0 Å². The molecule has 3 nitrogen and oxygen atoms in total. The van der Waals surface area contributed by atoms with E-state index in [4.69, 9.17) is 4.74 Å². The fraction of sp³-hybridized carbons (Fsp3) is 0.909. The number of ether oxygens (including phenoxy) is 2. The van der Waals surface area contributed by atoms with E-state index in [0.717, 1.165) is 6.42 Å². The highest BCUT2D eigenvalue weighted by atomic mass is 16.6. The molecule has 0 saturated carbocycles. The molecule has 0 aromatic rings. The van der Waals surface area contributed by atoms with E-state index in [1.807, 2.05) is 0 Å². The Balaban J connectivity index is 3.23. The molecule has 0 aliphatic rings. The minimum absolute atomic E-state index is 0.293. The van der Waals surface area contributed by atoms with E-state index in [9.17, 15) is 4.79 Å². The summed E-state index contributed by atoms with van der Waals surface area (Å²) in [4.78, 5) is 10.9. The van der Waals surface area contributed by atoms with Gasteiger partial charge in [0.15, 0.2) is 6.10 Å². The molecular weight excluding hydrogens is 180 g/mol. The van der Waals surface area contributed by atoms with Crippen LogP contribution in [-0.4, -0.2) is 25.8 Å². The number of hydrogen-bond donors (Lipinski definition) is 0. The standard InChI is InChI=1S/C11H22O3/c1-4-5-6-7-8-9-14-10(2)11(12)13-3/h10H,4-9H2,1-3H3/t10-/m0/s1. The first-order valence-electron chi connectivity index (χ1n) is 5.41. The first kappa shape index (κ1) is 13.4. The molecule has 0 fully saturated rings. The topological polar surface area (TPSA) is 35.5 Å². The zero-order valence-electron chi connectivity index (χ0n) is 9.54. The van der Waals surface area contributed by atoms with Crippen molar-refractivity contribution in [2.45, 2.75) is 52.1 Å². The Morgan fingerprint density at radius 3 is 2.43 bits per heavy atom. The van der Waals surface area contributed by atoms with Crippen molar-refractivity contribution in [2.24, 2.45) is 0 Å². The molecule has 1 atom stereocenters. The zero-order chi connectivity index (χ0) is 10.8. The summed E-state index contributed by atoms with van der Waals surface area (Å²) in [5, 5.41) is 0. The number of methoxy groups -OCH3 is 1. The van der Waals surface area contributed by atoms with E-state index < -0.39 is 6.10 Å². The van der Waals surface area contributed by atoms with Gasteiger partial charge in [0.2, 0.25) is 0 Å². The lowest BCUT2D eigenvalue weighted by molar-refractivity contribution is -0.152. The van der Waals surface area contributed by atoms with E-state index in [2.05, 4.69) is 11.7 Å². The maximum Gasteiger partial charge on any atom is 0.334 e. The van der Waals surface area contributed by atoms with Gasteiger partial charge in [-0.25, -0.2) is 4.79 Å². The molecule has 0 radical (unpaired) electrons. The van der Waals surface area contributed by atoms with Crippen LogP contribution in [0.5, 0.6) is 0 Å². The maximum absolute atomic E-state index is 10.9. The summed E-state index contributed by atoms with van der Waals surface area (Å²) in [6.07, 6.45) is 5.58. The Bertz CT molecular complexity index is 145. The van der Waals surface area contributed by atoms with Crippen molar-refractivity contribution in [2.75, 3.05) is 13.7 Å². The third-order valence-electron chi connectivity index (χ3n) is 2.15. The van der Waals surface area contributed by atoms with Gasteiger partial charge in [-0.3, -0.25) is 0 Å². The molecule has 0 N–H and O–H groups in total. The quantitative estimate of drug-likeness (QED) is 0.448. The van der Waals surface area contributed by atoms with Crippen LogP contribution in [0.3, 0.4) is 0 Å². The molecule has 0 heterocycles. The van der Waals surface area contributed by atoms with Gasteiger partial charge >= 0.3 is 5.97 Å². The average Bonchev–Trinajstić information content (AvgIpc) is 2.21. The molecule has 0 spiro atoms. The van der Waals surface area contributed by atoms with Crippen molar-refractivity contribution in [3.05, 3.63) is 0 Å². The second kappa shape index (κ2) is 9.00. The summed E-state index contributed by atoms with van der Waals surface area (Å²) in [5.41, 5.74) is 0.